The fourth-order valence-corrected chi connectivity index (χ4v) is 4.10. The second-order valence-electron chi connectivity index (χ2n) is 4.65. The number of methoxy groups -OCH3 is 1. The SMILES string of the molecule is CNc1nc(CSC2CCCC2)nc(COC)c1I. The highest BCUT2D eigenvalue weighted by atomic mass is 127. The minimum absolute atomic E-state index is 0.538. The number of ether oxygens (including phenoxy) is 1. The van der Waals surface area contributed by atoms with Crippen molar-refractivity contribution in [2.24, 2.45) is 0 Å². The van der Waals surface area contributed by atoms with Crippen molar-refractivity contribution in [3.05, 3.63) is 15.1 Å². The van der Waals surface area contributed by atoms with Gasteiger partial charge in [0, 0.05) is 19.4 Å². The average Bonchev–Trinajstić information content (AvgIpc) is 2.93. The number of anilines is 1. The highest BCUT2D eigenvalue weighted by Gasteiger charge is 2.17. The normalized spacial score (nSPS) is 15.9. The molecule has 6 heteroatoms. The Morgan fingerprint density at radius 2 is 2.11 bits per heavy atom. The van der Waals surface area contributed by atoms with Crippen molar-refractivity contribution >= 4 is 40.2 Å². The van der Waals surface area contributed by atoms with E-state index in [2.05, 4.69) is 37.9 Å². The summed E-state index contributed by atoms with van der Waals surface area (Å²) in [4.78, 5) is 9.22. The van der Waals surface area contributed by atoms with Crippen LogP contribution in [0.4, 0.5) is 5.82 Å². The molecule has 1 N–H and O–H groups in total. The maximum absolute atomic E-state index is 5.21. The van der Waals surface area contributed by atoms with Crippen LogP contribution in [0.2, 0.25) is 0 Å². The number of hydrogen-bond donors (Lipinski definition) is 1. The Hall–Kier alpha value is -0.0800. The van der Waals surface area contributed by atoms with Crippen molar-refractivity contribution < 1.29 is 4.74 Å². The lowest BCUT2D eigenvalue weighted by Gasteiger charge is -2.12. The van der Waals surface area contributed by atoms with Gasteiger partial charge in [-0.3, -0.25) is 0 Å². The highest BCUT2D eigenvalue weighted by molar-refractivity contribution is 14.1. The molecule has 0 aliphatic heterocycles. The summed E-state index contributed by atoms with van der Waals surface area (Å²) in [5.41, 5.74) is 0.976. The van der Waals surface area contributed by atoms with Crippen LogP contribution in [0.5, 0.6) is 0 Å². The molecule has 19 heavy (non-hydrogen) atoms. The summed E-state index contributed by atoms with van der Waals surface area (Å²) >= 11 is 4.27. The van der Waals surface area contributed by atoms with Gasteiger partial charge in [-0.15, -0.1) is 0 Å². The Kier molecular flexibility index (Phi) is 6.15. The molecule has 0 aromatic carbocycles. The van der Waals surface area contributed by atoms with Gasteiger partial charge in [0.15, 0.2) is 0 Å². The molecule has 1 aromatic rings. The molecule has 0 amide bonds. The summed E-state index contributed by atoms with van der Waals surface area (Å²) in [7, 11) is 3.60. The Labute approximate surface area is 132 Å². The maximum atomic E-state index is 5.21. The molecule has 1 saturated carbocycles. The van der Waals surface area contributed by atoms with Gasteiger partial charge in [-0.2, -0.15) is 11.8 Å². The molecule has 0 saturated heterocycles. The number of nitrogens with one attached hydrogen (secondary N) is 1. The summed E-state index contributed by atoms with van der Waals surface area (Å²) in [5, 5.41) is 3.94. The lowest BCUT2D eigenvalue weighted by Crippen LogP contribution is -2.08. The second-order valence-corrected chi connectivity index (χ2v) is 7.02. The van der Waals surface area contributed by atoms with Crippen LogP contribution in [0.25, 0.3) is 0 Å². The Balaban J connectivity index is 2.07. The lowest BCUT2D eigenvalue weighted by atomic mass is 10.4. The Morgan fingerprint density at radius 1 is 1.37 bits per heavy atom. The van der Waals surface area contributed by atoms with Crippen molar-refractivity contribution in [3.63, 3.8) is 0 Å². The molecular formula is C13H20IN3OS. The van der Waals surface area contributed by atoms with E-state index in [1.807, 2.05) is 18.8 Å². The third kappa shape index (κ3) is 4.19. The molecule has 0 bridgehead atoms. The fraction of sp³-hybridized carbons (Fsp3) is 0.692. The largest absolute Gasteiger partial charge is 0.378 e. The van der Waals surface area contributed by atoms with E-state index in [0.29, 0.717) is 6.61 Å². The Morgan fingerprint density at radius 3 is 2.74 bits per heavy atom. The predicted molar refractivity (Wildman–Crippen MR) is 88.6 cm³/mol. The van der Waals surface area contributed by atoms with Gasteiger partial charge in [0.2, 0.25) is 0 Å². The smallest absolute Gasteiger partial charge is 0.143 e. The predicted octanol–water partition coefficient (Wildman–Crippen LogP) is 3.45. The van der Waals surface area contributed by atoms with Crippen LogP contribution in [-0.2, 0) is 17.1 Å². The molecule has 1 aliphatic carbocycles. The molecule has 2 rings (SSSR count). The zero-order valence-corrected chi connectivity index (χ0v) is 14.4. The molecule has 106 valence electrons. The molecule has 1 heterocycles. The van der Waals surface area contributed by atoms with E-state index in [1.54, 1.807) is 7.11 Å². The standard InChI is InChI=1S/C13H20IN3OS/c1-15-13-12(14)10(7-18-2)16-11(17-13)8-19-9-5-3-4-6-9/h9H,3-8H2,1-2H3,(H,15,16,17). The highest BCUT2D eigenvalue weighted by Crippen LogP contribution is 2.31. The van der Waals surface area contributed by atoms with Crippen molar-refractivity contribution in [1.29, 1.82) is 0 Å². The van der Waals surface area contributed by atoms with E-state index in [1.165, 1.54) is 25.7 Å². The summed E-state index contributed by atoms with van der Waals surface area (Å²) in [6.07, 6.45) is 5.45. The van der Waals surface area contributed by atoms with Crippen molar-refractivity contribution in [2.45, 2.75) is 43.3 Å². The third-order valence-electron chi connectivity index (χ3n) is 3.23. The molecule has 0 unspecified atom stereocenters. The van der Waals surface area contributed by atoms with Crippen LogP contribution in [-0.4, -0.2) is 29.4 Å². The topological polar surface area (TPSA) is 47.0 Å². The first kappa shape index (κ1) is 15.3. The minimum atomic E-state index is 0.538. The fourth-order valence-electron chi connectivity index (χ4n) is 2.25. The van der Waals surface area contributed by atoms with Gasteiger partial charge in [0.05, 0.1) is 21.6 Å². The number of aromatic nitrogens is 2. The molecule has 0 spiro atoms. The molecular weight excluding hydrogens is 373 g/mol. The van der Waals surface area contributed by atoms with E-state index in [-0.39, 0.29) is 0 Å². The van der Waals surface area contributed by atoms with E-state index in [0.717, 1.165) is 31.9 Å². The zero-order valence-electron chi connectivity index (χ0n) is 11.4. The van der Waals surface area contributed by atoms with Gasteiger partial charge < -0.3 is 10.1 Å². The van der Waals surface area contributed by atoms with Crippen molar-refractivity contribution in [3.8, 4) is 0 Å². The van der Waals surface area contributed by atoms with E-state index < -0.39 is 0 Å². The van der Waals surface area contributed by atoms with Crippen LogP contribution in [0.3, 0.4) is 0 Å². The molecule has 1 aromatic heterocycles. The zero-order chi connectivity index (χ0) is 13.7. The molecule has 0 atom stereocenters. The molecule has 0 radical (unpaired) electrons. The van der Waals surface area contributed by atoms with Gasteiger partial charge in [-0.25, -0.2) is 9.97 Å². The lowest BCUT2D eigenvalue weighted by molar-refractivity contribution is 0.180. The van der Waals surface area contributed by atoms with Gasteiger partial charge >= 0.3 is 0 Å². The van der Waals surface area contributed by atoms with Gasteiger partial charge in [0.1, 0.15) is 11.6 Å². The number of nitrogens with zero attached hydrogens (tertiary/aromatic N) is 2. The number of hydrogen-bond acceptors (Lipinski definition) is 5. The van der Waals surface area contributed by atoms with Crippen LogP contribution >= 0.6 is 34.4 Å². The van der Waals surface area contributed by atoms with Crippen LogP contribution in [0, 0.1) is 3.57 Å². The summed E-state index contributed by atoms with van der Waals surface area (Å²) < 4.78 is 6.26. The number of halogens is 1. The minimum Gasteiger partial charge on any atom is -0.378 e. The first-order valence-electron chi connectivity index (χ1n) is 6.58. The molecule has 4 nitrogen and oxygen atoms in total. The van der Waals surface area contributed by atoms with E-state index in [4.69, 9.17) is 4.74 Å². The van der Waals surface area contributed by atoms with Crippen LogP contribution < -0.4 is 5.32 Å². The van der Waals surface area contributed by atoms with Crippen LogP contribution in [0.1, 0.15) is 37.2 Å². The van der Waals surface area contributed by atoms with Gasteiger partial charge in [-0.05, 0) is 35.4 Å². The Bertz CT molecular complexity index is 425. The molecule has 1 fully saturated rings. The summed E-state index contributed by atoms with van der Waals surface area (Å²) in [6.45, 7) is 0.538. The quantitative estimate of drug-likeness (QED) is 0.751. The van der Waals surface area contributed by atoms with E-state index in [9.17, 15) is 0 Å². The van der Waals surface area contributed by atoms with Crippen LogP contribution in [0.15, 0.2) is 0 Å². The van der Waals surface area contributed by atoms with E-state index >= 15 is 0 Å². The number of thioether (sulfide) groups is 1. The van der Waals surface area contributed by atoms with Gasteiger partial charge in [-0.1, -0.05) is 12.8 Å². The van der Waals surface area contributed by atoms with Crippen molar-refractivity contribution in [2.75, 3.05) is 19.5 Å². The van der Waals surface area contributed by atoms with Gasteiger partial charge in [0.25, 0.3) is 0 Å². The monoisotopic (exact) mass is 393 g/mol. The maximum Gasteiger partial charge on any atom is 0.143 e. The second kappa shape index (κ2) is 7.64. The summed E-state index contributed by atoms with van der Waals surface area (Å²) in [5.74, 6) is 2.71. The number of rotatable bonds is 6. The third-order valence-corrected chi connectivity index (χ3v) is 5.74. The van der Waals surface area contributed by atoms with Crippen molar-refractivity contribution in [1.82, 2.24) is 9.97 Å². The first-order valence-corrected chi connectivity index (χ1v) is 8.71. The summed E-state index contributed by atoms with van der Waals surface area (Å²) in [6, 6.07) is 0. The average molecular weight is 393 g/mol. The molecule has 1 aliphatic rings. The first-order chi connectivity index (χ1) is 9.24.